The number of amides is 1. The van der Waals surface area contributed by atoms with E-state index in [-0.39, 0.29) is 17.5 Å². The maximum Gasteiger partial charge on any atom is 0.257 e. The zero-order valence-electron chi connectivity index (χ0n) is 12.1. The van der Waals surface area contributed by atoms with Crippen LogP contribution in [0, 0.1) is 19.7 Å². The molecular weight excluding hydrogens is 271 g/mol. The number of aryl methyl sites for hydroxylation is 2. The van der Waals surface area contributed by atoms with E-state index in [1.807, 2.05) is 13.0 Å². The van der Waals surface area contributed by atoms with Crippen LogP contribution < -0.4 is 0 Å². The van der Waals surface area contributed by atoms with E-state index in [4.69, 9.17) is 4.52 Å². The van der Waals surface area contributed by atoms with Crippen molar-refractivity contribution in [3.8, 4) is 0 Å². The van der Waals surface area contributed by atoms with Gasteiger partial charge in [-0.15, -0.1) is 0 Å². The minimum Gasteiger partial charge on any atom is -0.359 e. The van der Waals surface area contributed by atoms with E-state index in [2.05, 4.69) is 5.16 Å². The molecule has 1 amide bonds. The van der Waals surface area contributed by atoms with Crippen molar-refractivity contribution in [3.63, 3.8) is 0 Å². The third kappa shape index (κ3) is 2.44. The molecule has 1 aliphatic heterocycles. The molecule has 0 saturated carbocycles. The first-order chi connectivity index (χ1) is 10.1. The molecule has 0 spiro atoms. The van der Waals surface area contributed by atoms with Crippen molar-refractivity contribution >= 4 is 5.91 Å². The van der Waals surface area contributed by atoms with Crippen LogP contribution >= 0.6 is 0 Å². The van der Waals surface area contributed by atoms with Crippen LogP contribution in [0.3, 0.4) is 0 Å². The lowest BCUT2D eigenvalue weighted by Crippen LogP contribution is -2.31. The highest BCUT2D eigenvalue weighted by molar-refractivity contribution is 5.95. The summed E-state index contributed by atoms with van der Waals surface area (Å²) in [5.41, 5.74) is 1.39. The molecule has 1 aliphatic rings. The quantitative estimate of drug-likeness (QED) is 0.850. The SMILES string of the molecule is Cc1cc(C2CCCN2C(=O)c2cccc(C)c2F)on1. The Hall–Kier alpha value is -2.17. The molecule has 5 heteroatoms. The average Bonchev–Trinajstić information content (AvgIpc) is 3.09. The van der Waals surface area contributed by atoms with Gasteiger partial charge in [0, 0.05) is 12.6 Å². The fraction of sp³-hybridized carbons (Fsp3) is 0.375. The minimum absolute atomic E-state index is 0.123. The van der Waals surface area contributed by atoms with Crippen molar-refractivity contribution in [2.24, 2.45) is 0 Å². The van der Waals surface area contributed by atoms with Gasteiger partial charge in [0.2, 0.25) is 0 Å². The van der Waals surface area contributed by atoms with Crippen LogP contribution in [-0.2, 0) is 0 Å². The van der Waals surface area contributed by atoms with Crippen molar-refractivity contribution in [2.45, 2.75) is 32.7 Å². The predicted octanol–water partition coefficient (Wildman–Crippen LogP) is 3.41. The fourth-order valence-corrected chi connectivity index (χ4v) is 2.81. The molecule has 1 aromatic heterocycles. The molecule has 0 N–H and O–H groups in total. The van der Waals surface area contributed by atoms with Crippen molar-refractivity contribution < 1.29 is 13.7 Å². The molecule has 2 aromatic rings. The first-order valence-corrected chi connectivity index (χ1v) is 7.07. The molecule has 1 saturated heterocycles. The number of hydrogen-bond acceptors (Lipinski definition) is 3. The molecule has 1 fully saturated rings. The number of carbonyl (C=O) groups is 1. The Morgan fingerprint density at radius 2 is 2.24 bits per heavy atom. The molecule has 2 heterocycles. The van der Waals surface area contributed by atoms with E-state index >= 15 is 0 Å². The summed E-state index contributed by atoms with van der Waals surface area (Å²) < 4.78 is 19.4. The van der Waals surface area contributed by atoms with Gasteiger partial charge in [-0.2, -0.15) is 0 Å². The van der Waals surface area contributed by atoms with Crippen LogP contribution in [0.25, 0.3) is 0 Å². The number of rotatable bonds is 2. The van der Waals surface area contributed by atoms with Crippen molar-refractivity contribution in [1.82, 2.24) is 10.1 Å². The third-order valence-corrected chi connectivity index (χ3v) is 3.91. The molecule has 3 rings (SSSR count). The van der Waals surface area contributed by atoms with E-state index in [0.29, 0.717) is 17.9 Å². The Morgan fingerprint density at radius 1 is 1.43 bits per heavy atom. The summed E-state index contributed by atoms with van der Waals surface area (Å²) in [5.74, 6) is -0.0546. The predicted molar refractivity (Wildman–Crippen MR) is 75.4 cm³/mol. The van der Waals surface area contributed by atoms with Gasteiger partial charge in [0.05, 0.1) is 17.3 Å². The van der Waals surface area contributed by atoms with Gasteiger partial charge in [0.25, 0.3) is 5.91 Å². The van der Waals surface area contributed by atoms with Crippen LogP contribution in [0.2, 0.25) is 0 Å². The second kappa shape index (κ2) is 5.31. The van der Waals surface area contributed by atoms with Gasteiger partial charge in [0.15, 0.2) is 5.76 Å². The first-order valence-electron chi connectivity index (χ1n) is 7.07. The fourth-order valence-electron chi connectivity index (χ4n) is 2.81. The summed E-state index contributed by atoms with van der Waals surface area (Å²) in [5, 5.41) is 3.87. The Labute approximate surface area is 122 Å². The van der Waals surface area contributed by atoms with Gasteiger partial charge in [-0.25, -0.2) is 4.39 Å². The molecule has 1 aromatic carbocycles. The van der Waals surface area contributed by atoms with Gasteiger partial charge in [-0.1, -0.05) is 17.3 Å². The van der Waals surface area contributed by atoms with Crippen LogP contribution in [0.4, 0.5) is 4.39 Å². The molecule has 110 valence electrons. The highest BCUT2D eigenvalue weighted by atomic mass is 19.1. The van der Waals surface area contributed by atoms with Gasteiger partial charge in [-0.05, 0) is 38.3 Å². The summed E-state index contributed by atoms with van der Waals surface area (Å²) in [6.45, 7) is 4.11. The van der Waals surface area contributed by atoms with Gasteiger partial charge in [-0.3, -0.25) is 4.79 Å². The van der Waals surface area contributed by atoms with Crippen LogP contribution in [0.15, 0.2) is 28.8 Å². The lowest BCUT2D eigenvalue weighted by atomic mass is 10.1. The maximum absolute atomic E-state index is 14.2. The smallest absolute Gasteiger partial charge is 0.257 e. The van der Waals surface area contributed by atoms with Crippen LogP contribution in [-0.4, -0.2) is 22.5 Å². The Kier molecular flexibility index (Phi) is 3.49. The molecule has 1 atom stereocenters. The van der Waals surface area contributed by atoms with Crippen molar-refractivity contribution in [3.05, 3.63) is 52.7 Å². The van der Waals surface area contributed by atoms with Gasteiger partial charge in [0.1, 0.15) is 5.82 Å². The molecule has 1 unspecified atom stereocenters. The monoisotopic (exact) mass is 288 g/mol. The molecule has 0 bridgehead atoms. The van der Waals surface area contributed by atoms with E-state index in [1.165, 1.54) is 6.07 Å². The maximum atomic E-state index is 14.2. The van der Waals surface area contributed by atoms with Crippen molar-refractivity contribution in [1.29, 1.82) is 0 Å². The highest BCUT2D eigenvalue weighted by Gasteiger charge is 2.34. The van der Waals surface area contributed by atoms with E-state index < -0.39 is 5.82 Å². The van der Waals surface area contributed by atoms with E-state index in [1.54, 1.807) is 24.0 Å². The minimum atomic E-state index is -0.443. The van der Waals surface area contributed by atoms with Gasteiger partial charge < -0.3 is 9.42 Å². The first kappa shape index (κ1) is 13.8. The number of benzene rings is 1. The Balaban J connectivity index is 1.91. The number of carbonyl (C=O) groups excluding carboxylic acids is 1. The lowest BCUT2D eigenvalue weighted by molar-refractivity contribution is 0.0709. The Morgan fingerprint density at radius 3 is 2.95 bits per heavy atom. The zero-order chi connectivity index (χ0) is 15.0. The zero-order valence-corrected chi connectivity index (χ0v) is 12.1. The van der Waals surface area contributed by atoms with E-state index in [9.17, 15) is 9.18 Å². The largest absolute Gasteiger partial charge is 0.359 e. The summed E-state index contributed by atoms with van der Waals surface area (Å²) in [6.07, 6.45) is 1.69. The second-order valence-electron chi connectivity index (χ2n) is 5.46. The second-order valence-corrected chi connectivity index (χ2v) is 5.46. The standard InChI is InChI=1S/C16H17FN2O2/c1-10-5-3-6-12(15(10)17)16(20)19-8-4-7-13(19)14-9-11(2)18-21-14/h3,5-6,9,13H,4,7-8H2,1-2H3. The number of hydrogen-bond donors (Lipinski definition) is 0. The number of nitrogens with zero attached hydrogens (tertiary/aromatic N) is 2. The molecule has 4 nitrogen and oxygen atoms in total. The molecule has 21 heavy (non-hydrogen) atoms. The lowest BCUT2D eigenvalue weighted by Gasteiger charge is -2.23. The Bertz CT molecular complexity index is 681. The van der Waals surface area contributed by atoms with E-state index in [0.717, 1.165) is 18.5 Å². The molecule has 0 radical (unpaired) electrons. The summed E-state index contributed by atoms with van der Waals surface area (Å²) >= 11 is 0. The number of likely N-dealkylation sites (tertiary alicyclic amines) is 1. The number of aromatic nitrogens is 1. The van der Waals surface area contributed by atoms with Crippen molar-refractivity contribution in [2.75, 3.05) is 6.54 Å². The normalized spacial score (nSPS) is 18.2. The summed E-state index contributed by atoms with van der Waals surface area (Å²) in [7, 11) is 0. The third-order valence-electron chi connectivity index (χ3n) is 3.91. The number of halogens is 1. The molecule has 0 aliphatic carbocycles. The molecular formula is C16H17FN2O2. The summed E-state index contributed by atoms with van der Waals surface area (Å²) in [6, 6.07) is 6.58. The van der Waals surface area contributed by atoms with Gasteiger partial charge >= 0.3 is 0 Å². The topological polar surface area (TPSA) is 46.3 Å². The van der Waals surface area contributed by atoms with Crippen LogP contribution in [0.1, 0.15) is 46.3 Å². The average molecular weight is 288 g/mol. The summed E-state index contributed by atoms with van der Waals surface area (Å²) in [4.78, 5) is 14.3. The van der Waals surface area contributed by atoms with Crippen LogP contribution in [0.5, 0.6) is 0 Å². The highest BCUT2D eigenvalue weighted by Crippen LogP contribution is 2.33.